The van der Waals surface area contributed by atoms with Crippen LogP contribution in [0.3, 0.4) is 0 Å². The smallest absolute Gasteiger partial charge is 0.302 e. The van der Waals surface area contributed by atoms with E-state index in [4.69, 9.17) is 0 Å². The van der Waals surface area contributed by atoms with Crippen molar-refractivity contribution in [2.45, 2.75) is 13.3 Å². The molecule has 0 heterocycles. The van der Waals surface area contributed by atoms with E-state index < -0.39 is 11.6 Å². The van der Waals surface area contributed by atoms with Gasteiger partial charge in [-0.1, -0.05) is 6.07 Å². The molecule has 0 saturated carbocycles. The lowest BCUT2D eigenvalue weighted by Gasteiger charge is -2.02. The zero-order chi connectivity index (χ0) is 10.6. The number of hydrogen-bond donors (Lipinski definition) is 0. The molecular formula is C10H10F2O2. The van der Waals surface area contributed by atoms with E-state index in [1.54, 1.807) is 0 Å². The second kappa shape index (κ2) is 4.69. The standard InChI is InChI=1S/C10H10F2O2/c1-7(13)14-5-4-8-2-3-9(11)10(12)6-8/h2-3,6H,4-5H2,1H3. The third-order valence-corrected chi connectivity index (χ3v) is 1.68. The first-order valence-electron chi connectivity index (χ1n) is 4.17. The molecule has 0 aliphatic heterocycles. The van der Waals surface area contributed by atoms with E-state index in [-0.39, 0.29) is 12.6 Å². The van der Waals surface area contributed by atoms with Crippen LogP contribution in [0.25, 0.3) is 0 Å². The van der Waals surface area contributed by atoms with Gasteiger partial charge in [0.1, 0.15) is 0 Å². The monoisotopic (exact) mass is 200 g/mol. The molecule has 0 bridgehead atoms. The van der Waals surface area contributed by atoms with E-state index in [1.165, 1.54) is 13.0 Å². The minimum Gasteiger partial charge on any atom is -0.466 e. The van der Waals surface area contributed by atoms with Gasteiger partial charge in [0.2, 0.25) is 0 Å². The predicted molar refractivity (Wildman–Crippen MR) is 46.7 cm³/mol. The number of rotatable bonds is 3. The van der Waals surface area contributed by atoms with Gasteiger partial charge in [0, 0.05) is 13.3 Å². The fourth-order valence-electron chi connectivity index (χ4n) is 1.01. The van der Waals surface area contributed by atoms with Gasteiger partial charge in [0.25, 0.3) is 0 Å². The van der Waals surface area contributed by atoms with Gasteiger partial charge in [-0.2, -0.15) is 0 Å². The number of carbonyl (C=O) groups is 1. The van der Waals surface area contributed by atoms with Crippen LogP contribution in [-0.2, 0) is 16.0 Å². The van der Waals surface area contributed by atoms with Crippen molar-refractivity contribution in [3.63, 3.8) is 0 Å². The molecule has 1 rings (SSSR count). The molecule has 0 fully saturated rings. The van der Waals surface area contributed by atoms with Crippen LogP contribution in [0.1, 0.15) is 12.5 Å². The molecule has 1 aromatic rings. The quantitative estimate of drug-likeness (QED) is 0.698. The van der Waals surface area contributed by atoms with Gasteiger partial charge in [-0.15, -0.1) is 0 Å². The van der Waals surface area contributed by atoms with E-state index in [0.29, 0.717) is 12.0 Å². The van der Waals surface area contributed by atoms with E-state index in [9.17, 15) is 13.6 Å². The Labute approximate surface area is 80.5 Å². The highest BCUT2D eigenvalue weighted by atomic mass is 19.2. The first-order valence-corrected chi connectivity index (χ1v) is 4.17. The molecule has 0 radical (unpaired) electrons. The molecule has 0 spiro atoms. The lowest BCUT2D eigenvalue weighted by Crippen LogP contribution is -2.03. The maximum absolute atomic E-state index is 12.7. The number of hydrogen-bond acceptors (Lipinski definition) is 2. The van der Waals surface area contributed by atoms with Crippen molar-refractivity contribution < 1.29 is 18.3 Å². The molecule has 76 valence electrons. The summed E-state index contributed by atoms with van der Waals surface area (Å²) < 4.78 is 29.8. The normalized spacial score (nSPS) is 9.93. The second-order valence-corrected chi connectivity index (χ2v) is 2.84. The maximum Gasteiger partial charge on any atom is 0.302 e. The van der Waals surface area contributed by atoms with Crippen LogP contribution in [-0.4, -0.2) is 12.6 Å². The van der Waals surface area contributed by atoms with Crippen LogP contribution >= 0.6 is 0 Å². The van der Waals surface area contributed by atoms with E-state index in [2.05, 4.69) is 4.74 Å². The van der Waals surface area contributed by atoms with Crippen molar-refractivity contribution in [3.8, 4) is 0 Å². The molecule has 0 atom stereocenters. The summed E-state index contributed by atoms with van der Waals surface area (Å²) in [6.45, 7) is 1.48. The molecule has 2 nitrogen and oxygen atoms in total. The molecule has 1 aromatic carbocycles. The number of benzene rings is 1. The highest BCUT2D eigenvalue weighted by Gasteiger charge is 2.02. The number of halogens is 2. The van der Waals surface area contributed by atoms with Crippen molar-refractivity contribution >= 4 is 5.97 Å². The second-order valence-electron chi connectivity index (χ2n) is 2.84. The maximum atomic E-state index is 12.7. The van der Waals surface area contributed by atoms with Crippen molar-refractivity contribution in [1.82, 2.24) is 0 Å². The zero-order valence-electron chi connectivity index (χ0n) is 7.72. The molecule has 0 N–H and O–H groups in total. The Kier molecular flexibility index (Phi) is 3.56. The summed E-state index contributed by atoms with van der Waals surface area (Å²) in [7, 11) is 0. The first kappa shape index (κ1) is 10.6. The SMILES string of the molecule is CC(=O)OCCc1ccc(F)c(F)c1. The Bertz CT molecular complexity index is 337. The average molecular weight is 200 g/mol. The first-order chi connectivity index (χ1) is 6.59. The summed E-state index contributed by atoms with van der Waals surface area (Å²) in [4.78, 5) is 10.4. The summed E-state index contributed by atoms with van der Waals surface area (Å²) in [5.41, 5.74) is 0.602. The highest BCUT2D eigenvalue weighted by molar-refractivity contribution is 5.65. The molecule has 0 aromatic heterocycles. The third kappa shape index (κ3) is 3.12. The Morgan fingerprint density at radius 3 is 2.64 bits per heavy atom. The van der Waals surface area contributed by atoms with Crippen LogP contribution in [0, 0.1) is 11.6 Å². The lowest BCUT2D eigenvalue weighted by atomic mass is 10.1. The van der Waals surface area contributed by atoms with Crippen LogP contribution in [0.4, 0.5) is 8.78 Å². The number of carbonyl (C=O) groups excluding carboxylic acids is 1. The fourth-order valence-corrected chi connectivity index (χ4v) is 1.01. The topological polar surface area (TPSA) is 26.3 Å². The Hall–Kier alpha value is -1.45. The number of esters is 1. The van der Waals surface area contributed by atoms with Gasteiger partial charge < -0.3 is 4.74 Å². The Morgan fingerprint density at radius 1 is 1.36 bits per heavy atom. The molecule has 14 heavy (non-hydrogen) atoms. The van der Waals surface area contributed by atoms with Gasteiger partial charge in [-0.05, 0) is 17.7 Å². The van der Waals surface area contributed by atoms with Crippen LogP contribution in [0.5, 0.6) is 0 Å². The average Bonchev–Trinajstić information content (AvgIpc) is 2.10. The molecule has 0 unspecified atom stereocenters. The summed E-state index contributed by atoms with van der Waals surface area (Å²) in [5, 5.41) is 0. The van der Waals surface area contributed by atoms with E-state index in [0.717, 1.165) is 12.1 Å². The van der Waals surface area contributed by atoms with Crippen LogP contribution < -0.4 is 0 Å². The van der Waals surface area contributed by atoms with Crippen molar-refractivity contribution in [1.29, 1.82) is 0 Å². The van der Waals surface area contributed by atoms with Gasteiger partial charge >= 0.3 is 5.97 Å². The van der Waals surface area contributed by atoms with Gasteiger partial charge in [-0.25, -0.2) is 8.78 Å². The minimum absolute atomic E-state index is 0.181. The number of ether oxygens (including phenoxy) is 1. The Morgan fingerprint density at radius 2 is 2.07 bits per heavy atom. The minimum atomic E-state index is -0.884. The van der Waals surface area contributed by atoms with E-state index in [1.807, 2.05) is 0 Å². The molecule has 0 saturated heterocycles. The van der Waals surface area contributed by atoms with Gasteiger partial charge in [0.05, 0.1) is 6.61 Å². The summed E-state index contributed by atoms with van der Waals surface area (Å²) >= 11 is 0. The van der Waals surface area contributed by atoms with Gasteiger partial charge in [0.15, 0.2) is 11.6 Å². The van der Waals surface area contributed by atoms with Crippen LogP contribution in [0.2, 0.25) is 0 Å². The summed E-state index contributed by atoms with van der Waals surface area (Å²) in [5.74, 6) is -2.14. The molecule has 0 aliphatic rings. The van der Waals surface area contributed by atoms with Gasteiger partial charge in [-0.3, -0.25) is 4.79 Å². The van der Waals surface area contributed by atoms with Crippen molar-refractivity contribution in [2.75, 3.05) is 6.61 Å². The molecular weight excluding hydrogens is 190 g/mol. The summed E-state index contributed by atoms with van der Waals surface area (Å²) in [6, 6.07) is 3.61. The zero-order valence-corrected chi connectivity index (χ0v) is 7.72. The predicted octanol–water partition coefficient (Wildman–Crippen LogP) is 2.07. The van der Waals surface area contributed by atoms with E-state index >= 15 is 0 Å². The lowest BCUT2D eigenvalue weighted by molar-refractivity contribution is -0.140. The highest BCUT2D eigenvalue weighted by Crippen LogP contribution is 2.09. The fraction of sp³-hybridized carbons (Fsp3) is 0.300. The van der Waals surface area contributed by atoms with Crippen LogP contribution in [0.15, 0.2) is 18.2 Å². The molecule has 0 amide bonds. The Balaban J connectivity index is 2.51. The third-order valence-electron chi connectivity index (χ3n) is 1.68. The summed E-state index contributed by atoms with van der Waals surface area (Å²) in [6.07, 6.45) is 0.386. The van der Waals surface area contributed by atoms with Crippen molar-refractivity contribution in [2.24, 2.45) is 0 Å². The van der Waals surface area contributed by atoms with Crippen molar-refractivity contribution in [3.05, 3.63) is 35.4 Å². The molecule has 0 aliphatic carbocycles. The molecule has 4 heteroatoms. The largest absolute Gasteiger partial charge is 0.466 e.